The van der Waals surface area contributed by atoms with Gasteiger partial charge in [-0.1, -0.05) is 0 Å². The summed E-state index contributed by atoms with van der Waals surface area (Å²) in [6, 6.07) is 0. The van der Waals surface area contributed by atoms with E-state index in [1.54, 1.807) is 6.92 Å². The molecule has 1 saturated heterocycles. The van der Waals surface area contributed by atoms with E-state index in [0.717, 1.165) is 13.1 Å². The lowest BCUT2D eigenvalue weighted by molar-refractivity contribution is 0.0689. The van der Waals surface area contributed by atoms with Gasteiger partial charge in [-0.2, -0.15) is 0 Å². The number of aliphatic hydroxyl groups is 1. The molecule has 2 N–H and O–H groups in total. The van der Waals surface area contributed by atoms with Crippen LogP contribution in [0.15, 0.2) is 6.20 Å². The van der Waals surface area contributed by atoms with Crippen molar-refractivity contribution in [1.82, 2.24) is 9.97 Å². The minimum atomic E-state index is -1.07. The van der Waals surface area contributed by atoms with Crippen molar-refractivity contribution in [3.05, 3.63) is 17.6 Å². The second kappa shape index (κ2) is 4.67. The Morgan fingerprint density at radius 2 is 2.12 bits per heavy atom. The Morgan fingerprint density at radius 1 is 1.47 bits per heavy atom. The third-order valence-electron chi connectivity index (χ3n) is 2.90. The van der Waals surface area contributed by atoms with E-state index in [4.69, 9.17) is 5.11 Å². The summed E-state index contributed by atoms with van der Waals surface area (Å²) in [7, 11) is 0. The van der Waals surface area contributed by atoms with Crippen LogP contribution >= 0.6 is 0 Å². The summed E-state index contributed by atoms with van der Waals surface area (Å²) >= 11 is 0. The minimum absolute atomic E-state index is 0.0386. The van der Waals surface area contributed by atoms with E-state index in [1.165, 1.54) is 6.20 Å². The number of nitrogens with zero attached hydrogens (tertiary/aromatic N) is 3. The van der Waals surface area contributed by atoms with E-state index < -0.39 is 5.97 Å². The Morgan fingerprint density at radius 3 is 2.65 bits per heavy atom. The van der Waals surface area contributed by atoms with Gasteiger partial charge in [0.25, 0.3) is 0 Å². The Hall–Kier alpha value is -1.69. The Labute approximate surface area is 98.9 Å². The van der Waals surface area contributed by atoms with Gasteiger partial charge in [0.1, 0.15) is 5.82 Å². The molecule has 6 nitrogen and oxygen atoms in total. The molecule has 1 aliphatic heterocycles. The van der Waals surface area contributed by atoms with Crippen LogP contribution in [0, 0.1) is 6.92 Å². The number of aryl methyl sites for hydroxylation is 1. The monoisotopic (exact) mass is 237 g/mol. The molecule has 6 heteroatoms. The number of piperidine rings is 1. The maximum Gasteiger partial charge on any atom is 0.356 e. The fourth-order valence-corrected chi connectivity index (χ4v) is 1.97. The summed E-state index contributed by atoms with van der Waals surface area (Å²) in [6.45, 7) is 3.20. The minimum Gasteiger partial charge on any atom is -0.476 e. The largest absolute Gasteiger partial charge is 0.476 e. The zero-order valence-corrected chi connectivity index (χ0v) is 9.63. The Balaban J connectivity index is 2.19. The molecular weight excluding hydrogens is 222 g/mol. The molecule has 0 bridgehead atoms. The molecule has 92 valence electrons. The summed E-state index contributed by atoms with van der Waals surface area (Å²) in [5, 5.41) is 18.2. The first-order valence-electron chi connectivity index (χ1n) is 5.58. The quantitative estimate of drug-likeness (QED) is 0.776. The van der Waals surface area contributed by atoms with Crippen molar-refractivity contribution in [1.29, 1.82) is 0 Å². The second-order valence-electron chi connectivity index (χ2n) is 4.19. The zero-order chi connectivity index (χ0) is 12.4. The van der Waals surface area contributed by atoms with E-state index in [-0.39, 0.29) is 11.8 Å². The maximum absolute atomic E-state index is 10.7. The third kappa shape index (κ3) is 2.52. The molecule has 0 unspecified atom stereocenters. The molecule has 0 radical (unpaired) electrons. The predicted octanol–water partition coefficient (Wildman–Crippen LogP) is 0.444. The van der Waals surface area contributed by atoms with Gasteiger partial charge in [-0.15, -0.1) is 0 Å². The SMILES string of the molecule is Cc1nc(C(=O)O)cnc1N1CCC(O)CC1. The van der Waals surface area contributed by atoms with Crippen molar-refractivity contribution in [2.24, 2.45) is 0 Å². The average Bonchev–Trinajstić information content (AvgIpc) is 2.30. The van der Waals surface area contributed by atoms with Gasteiger partial charge in [0, 0.05) is 13.1 Å². The predicted molar refractivity (Wildman–Crippen MR) is 61.2 cm³/mol. The summed E-state index contributed by atoms with van der Waals surface area (Å²) in [6.07, 6.45) is 2.46. The number of anilines is 1. The highest BCUT2D eigenvalue weighted by molar-refractivity contribution is 5.85. The van der Waals surface area contributed by atoms with Crippen molar-refractivity contribution in [3.63, 3.8) is 0 Å². The zero-order valence-electron chi connectivity index (χ0n) is 9.63. The van der Waals surface area contributed by atoms with Gasteiger partial charge in [-0.3, -0.25) is 0 Å². The van der Waals surface area contributed by atoms with E-state index in [2.05, 4.69) is 9.97 Å². The number of rotatable bonds is 2. The van der Waals surface area contributed by atoms with Crippen LogP contribution in [0.3, 0.4) is 0 Å². The van der Waals surface area contributed by atoms with Gasteiger partial charge in [0.2, 0.25) is 0 Å². The van der Waals surface area contributed by atoms with Crippen LogP contribution in [0.1, 0.15) is 29.0 Å². The first-order chi connectivity index (χ1) is 8.08. The van der Waals surface area contributed by atoms with Crippen LogP contribution in [0.2, 0.25) is 0 Å². The van der Waals surface area contributed by atoms with Crippen LogP contribution in [0.4, 0.5) is 5.82 Å². The molecule has 2 heterocycles. The molecule has 0 amide bonds. The summed E-state index contributed by atoms with van der Waals surface area (Å²) in [4.78, 5) is 20.9. The fourth-order valence-electron chi connectivity index (χ4n) is 1.97. The number of hydrogen-bond acceptors (Lipinski definition) is 5. The molecule has 0 atom stereocenters. The van der Waals surface area contributed by atoms with Crippen LogP contribution in [-0.4, -0.2) is 45.3 Å². The molecular formula is C11H15N3O3. The molecule has 1 fully saturated rings. The highest BCUT2D eigenvalue weighted by atomic mass is 16.4. The average molecular weight is 237 g/mol. The van der Waals surface area contributed by atoms with Crippen molar-refractivity contribution in [2.45, 2.75) is 25.9 Å². The molecule has 2 rings (SSSR count). The van der Waals surface area contributed by atoms with Gasteiger partial charge >= 0.3 is 5.97 Å². The van der Waals surface area contributed by atoms with Crippen LogP contribution < -0.4 is 4.90 Å². The molecule has 17 heavy (non-hydrogen) atoms. The lowest BCUT2D eigenvalue weighted by Gasteiger charge is -2.31. The van der Waals surface area contributed by atoms with Gasteiger partial charge in [0.15, 0.2) is 5.69 Å². The van der Waals surface area contributed by atoms with Gasteiger partial charge < -0.3 is 15.1 Å². The lowest BCUT2D eigenvalue weighted by atomic mass is 10.1. The molecule has 1 aromatic rings. The molecule has 0 aromatic carbocycles. The number of carboxylic acids is 1. The fraction of sp³-hybridized carbons (Fsp3) is 0.545. The second-order valence-corrected chi connectivity index (χ2v) is 4.19. The van der Waals surface area contributed by atoms with Crippen molar-refractivity contribution in [2.75, 3.05) is 18.0 Å². The number of aromatic carboxylic acids is 1. The smallest absolute Gasteiger partial charge is 0.356 e. The number of carboxylic acid groups (broad SMARTS) is 1. The standard InChI is InChI=1S/C11H15N3O3/c1-7-10(12-6-9(13-7)11(16)17)14-4-2-8(15)3-5-14/h6,8,15H,2-5H2,1H3,(H,16,17). The maximum atomic E-state index is 10.7. The third-order valence-corrected chi connectivity index (χ3v) is 2.90. The molecule has 1 aromatic heterocycles. The number of aromatic nitrogens is 2. The lowest BCUT2D eigenvalue weighted by Crippen LogP contribution is -2.37. The molecule has 1 aliphatic rings. The topological polar surface area (TPSA) is 86.5 Å². The summed E-state index contributed by atoms with van der Waals surface area (Å²) < 4.78 is 0. The first kappa shape index (κ1) is 11.8. The summed E-state index contributed by atoms with van der Waals surface area (Å²) in [5.74, 6) is -0.358. The molecule has 0 spiro atoms. The highest BCUT2D eigenvalue weighted by Gasteiger charge is 2.20. The number of hydrogen-bond donors (Lipinski definition) is 2. The Kier molecular flexibility index (Phi) is 3.23. The Bertz CT molecular complexity index is 428. The van der Waals surface area contributed by atoms with Crippen LogP contribution in [0.25, 0.3) is 0 Å². The highest BCUT2D eigenvalue weighted by Crippen LogP contribution is 2.20. The van der Waals surface area contributed by atoms with E-state index >= 15 is 0 Å². The summed E-state index contributed by atoms with van der Waals surface area (Å²) in [5.41, 5.74) is 0.574. The molecule has 0 saturated carbocycles. The van der Waals surface area contributed by atoms with Crippen LogP contribution in [-0.2, 0) is 0 Å². The number of aliphatic hydroxyl groups excluding tert-OH is 1. The van der Waals surface area contributed by atoms with E-state index in [0.29, 0.717) is 24.4 Å². The van der Waals surface area contributed by atoms with Crippen molar-refractivity contribution < 1.29 is 15.0 Å². The molecule has 0 aliphatic carbocycles. The number of carbonyl (C=O) groups is 1. The van der Waals surface area contributed by atoms with Gasteiger partial charge in [0.05, 0.1) is 18.0 Å². The van der Waals surface area contributed by atoms with E-state index in [9.17, 15) is 9.90 Å². The normalized spacial score (nSPS) is 17.2. The van der Waals surface area contributed by atoms with Gasteiger partial charge in [-0.05, 0) is 19.8 Å². The van der Waals surface area contributed by atoms with E-state index in [1.807, 2.05) is 4.90 Å². The van der Waals surface area contributed by atoms with Crippen LogP contribution in [0.5, 0.6) is 0 Å². The van der Waals surface area contributed by atoms with Gasteiger partial charge in [-0.25, -0.2) is 14.8 Å². The van der Waals surface area contributed by atoms with Crippen molar-refractivity contribution >= 4 is 11.8 Å². The first-order valence-corrected chi connectivity index (χ1v) is 5.58. The van der Waals surface area contributed by atoms with Crippen molar-refractivity contribution in [3.8, 4) is 0 Å².